The van der Waals surface area contributed by atoms with Crippen LogP contribution in [0.4, 0.5) is 0 Å². The van der Waals surface area contributed by atoms with E-state index in [-0.39, 0.29) is 6.61 Å². The Bertz CT molecular complexity index is 844. The third-order valence-electron chi connectivity index (χ3n) is 5.37. The topological polar surface area (TPSA) is 50.8 Å². The smallest absolute Gasteiger partial charge is 0.143 e. The highest BCUT2D eigenvalue weighted by Gasteiger charge is 2.38. The maximum Gasteiger partial charge on any atom is 0.143 e. The van der Waals surface area contributed by atoms with Gasteiger partial charge in [0.25, 0.3) is 0 Å². The van der Waals surface area contributed by atoms with Crippen molar-refractivity contribution in [3.05, 3.63) is 120 Å². The lowest BCUT2D eigenvalue weighted by atomic mass is 9.80. The Morgan fingerprint density at radius 2 is 1.23 bits per heavy atom. The zero-order chi connectivity index (χ0) is 20.8. The maximum atomic E-state index is 12.2. The van der Waals surface area contributed by atoms with Crippen LogP contribution in [0.2, 0.25) is 0 Å². The number of hydrogen-bond acceptors (Lipinski definition) is 4. The normalized spacial score (nSPS) is 21.5. The maximum absolute atomic E-state index is 12.2. The van der Waals surface area contributed by atoms with Crippen molar-refractivity contribution in [2.45, 2.75) is 24.1 Å². The van der Waals surface area contributed by atoms with Gasteiger partial charge in [-0.15, -0.1) is 0 Å². The molecule has 1 heterocycles. The first-order valence-corrected chi connectivity index (χ1v) is 10.1. The van der Waals surface area contributed by atoms with Gasteiger partial charge in [-0.3, -0.25) is 0 Å². The van der Waals surface area contributed by atoms with E-state index in [1.165, 1.54) is 7.11 Å². The quantitative estimate of drug-likeness (QED) is 0.448. The third kappa shape index (κ3) is 4.09. The molecule has 1 aliphatic heterocycles. The molecule has 4 heteroatoms. The fourth-order valence-electron chi connectivity index (χ4n) is 3.88. The second kappa shape index (κ2) is 9.37. The Morgan fingerprint density at radius 3 is 1.63 bits per heavy atom. The van der Waals surface area contributed by atoms with E-state index in [2.05, 4.69) is 36.4 Å². The molecule has 154 valence electrons. The largest absolute Gasteiger partial charge is 0.829 e. The lowest BCUT2D eigenvalue weighted by Crippen LogP contribution is -2.47. The lowest BCUT2D eigenvalue weighted by Gasteiger charge is -2.39. The molecule has 1 aliphatic rings. The molecule has 3 unspecified atom stereocenters. The summed E-state index contributed by atoms with van der Waals surface area (Å²) in [5, 5.41) is 12.2. The molecule has 0 bridgehead atoms. The average Bonchev–Trinajstić information content (AvgIpc) is 2.82. The van der Waals surface area contributed by atoms with Crippen LogP contribution in [-0.2, 0) is 19.8 Å². The molecule has 4 rings (SSSR count). The first-order chi connectivity index (χ1) is 14.7. The van der Waals surface area contributed by atoms with Crippen LogP contribution in [0.15, 0.2) is 103 Å². The summed E-state index contributed by atoms with van der Waals surface area (Å²) in [7, 11) is 1.51. The summed E-state index contributed by atoms with van der Waals surface area (Å²) in [6.07, 6.45) is 1.30. The molecule has 0 saturated carbocycles. The van der Waals surface area contributed by atoms with Crippen LogP contribution in [0.1, 0.15) is 16.7 Å². The van der Waals surface area contributed by atoms with Crippen LogP contribution >= 0.6 is 0 Å². The van der Waals surface area contributed by atoms with Crippen LogP contribution in [0, 0.1) is 0 Å². The fourth-order valence-corrected chi connectivity index (χ4v) is 3.88. The summed E-state index contributed by atoms with van der Waals surface area (Å²) in [5.74, 6) is 0. The highest BCUT2D eigenvalue weighted by Crippen LogP contribution is 2.40. The zero-order valence-electron chi connectivity index (χ0n) is 16.9. The fraction of sp³-hybridized carbons (Fsp3) is 0.231. The third-order valence-corrected chi connectivity index (χ3v) is 5.37. The van der Waals surface area contributed by atoms with Crippen molar-refractivity contribution in [3.63, 3.8) is 0 Å². The monoisotopic (exact) mass is 401 g/mol. The van der Waals surface area contributed by atoms with E-state index in [0.717, 1.165) is 16.7 Å². The van der Waals surface area contributed by atoms with Gasteiger partial charge in [0, 0.05) is 13.4 Å². The molecule has 3 aromatic carbocycles. The van der Waals surface area contributed by atoms with Gasteiger partial charge >= 0.3 is 0 Å². The number of ether oxygens (including phenoxy) is 3. The summed E-state index contributed by atoms with van der Waals surface area (Å²) < 4.78 is 17.4. The van der Waals surface area contributed by atoms with Gasteiger partial charge in [-0.2, -0.15) is 0 Å². The number of rotatable bonds is 7. The number of methoxy groups -OCH3 is 1. The highest BCUT2D eigenvalue weighted by molar-refractivity contribution is 5.47. The van der Waals surface area contributed by atoms with Crippen molar-refractivity contribution in [1.29, 1.82) is 0 Å². The second-order valence-corrected chi connectivity index (χ2v) is 7.22. The Balaban J connectivity index is 1.76. The van der Waals surface area contributed by atoms with Crippen molar-refractivity contribution >= 4 is 0 Å². The van der Waals surface area contributed by atoms with Crippen LogP contribution in [0.25, 0.3) is 0 Å². The molecule has 0 N–H and O–H groups in total. The Morgan fingerprint density at radius 1 is 0.767 bits per heavy atom. The number of benzene rings is 3. The summed E-state index contributed by atoms with van der Waals surface area (Å²) in [6.45, 7) is 0.227. The van der Waals surface area contributed by atoms with E-state index >= 15 is 0 Å². The van der Waals surface area contributed by atoms with Gasteiger partial charge in [0.1, 0.15) is 5.60 Å². The van der Waals surface area contributed by atoms with E-state index in [1.54, 1.807) is 6.08 Å². The van der Waals surface area contributed by atoms with Crippen molar-refractivity contribution in [2.24, 2.45) is 0 Å². The molecule has 0 saturated heterocycles. The summed E-state index contributed by atoms with van der Waals surface area (Å²) in [4.78, 5) is 0. The minimum absolute atomic E-state index is 0.227. The van der Waals surface area contributed by atoms with E-state index in [4.69, 9.17) is 14.2 Å². The number of hydrogen-bond donors (Lipinski definition) is 0. The molecule has 0 radical (unpaired) electrons. The molecule has 0 aliphatic carbocycles. The van der Waals surface area contributed by atoms with E-state index in [1.807, 2.05) is 60.7 Å². The molecule has 0 spiro atoms. The molecular weight excluding hydrogens is 376 g/mol. The van der Waals surface area contributed by atoms with Crippen molar-refractivity contribution in [1.82, 2.24) is 0 Å². The van der Waals surface area contributed by atoms with E-state index < -0.39 is 24.1 Å². The van der Waals surface area contributed by atoms with Crippen molar-refractivity contribution in [3.8, 4) is 0 Å². The minimum Gasteiger partial charge on any atom is -0.829 e. The van der Waals surface area contributed by atoms with Crippen LogP contribution in [0.5, 0.6) is 0 Å². The summed E-state index contributed by atoms with van der Waals surface area (Å²) in [6, 6.07) is 30.4. The van der Waals surface area contributed by atoms with Gasteiger partial charge in [-0.25, -0.2) is 0 Å². The van der Waals surface area contributed by atoms with Gasteiger partial charge < -0.3 is 19.3 Å². The molecule has 4 nitrogen and oxygen atoms in total. The van der Waals surface area contributed by atoms with Gasteiger partial charge in [-0.05, 0) is 16.7 Å². The SMILES string of the molecule is COC1C=CC(COC(c2ccccc2)(c2ccccc2)c2ccccc2)OC1[O-]. The van der Waals surface area contributed by atoms with Gasteiger partial charge in [-0.1, -0.05) is 103 Å². The zero-order valence-corrected chi connectivity index (χ0v) is 16.9. The standard InChI is InChI=1S/C26H25O4/c1-28-24-18-17-23(30-25(24)27)19-29-26(20-11-5-2-6-12-20,21-13-7-3-8-14-21)22-15-9-4-10-16-22/h2-18,23-25H,19H2,1H3/q-1. The molecule has 3 aromatic rings. The van der Waals surface area contributed by atoms with Crippen molar-refractivity contribution < 1.29 is 19.3 Å². The van der Waals surface area contributed by atoms with E-state index in [0.29, 0.717) is 0 Å². The summed E-state index contributed by atoms with van der Waals surface area (Å²) >= 11 is 0. The lowest BCUT2D eigenvalue weighted by molar-refractivity contribution is -0.512. The Hall–Kier alpha value is -2.76. The predicted molar refractivity (Wildman–Crippen MR) is 114 cm³/mol. The first kappa shape index (κ1) is 20.5. The molecular formula is C26H25O4-. The van der Waals surface area contributed by atoms with Crippen molar-refractivity contribution in [2.75, 3.05) is 13.7 Å². The van der Waals surface area contributed by atoms with Gasteiger partial charge in [0.2, 0.25) is 0 Å². The Labute approximate surface area is 177 Å². The van der Waals surface area contributed by atoms with Gasteiger partial charge in [0.05, 0.1) is 18.8 Å². The molecule has 30 heavy (non-hydrogen) atoms. The Kier molecular flexibility index (Phi) is 6.41. The first-order valence-electron chi connectivity index (χ1n) is 10.1. The van der Waals surface area contributed by atoms with Crippen LogP contribution in [0.3, 0.4) is 0 Å². The summed E-state index contributed by atoms with van der Waals surface area (Å²) in [5.41, 5.74) is 2.19. The second-order valence-electron chi connectivity index (χ2n) is 7.22. The minimum atomic E-state index is -1.27. The average molecular weight is 401 g/mol. The molecule has 0 aromatic heterocycles. The molecule has 0 amide bonds. The van der Waals surface area contributed by atoms with Crippen LogP contribution < -0.4 is 5.11 Å². The highest BCUT2D eigenvalue weighted by atomic mass is 16.6. The molecule has 0 fully saturated rings. The van der Waals surface area contributed by atoms with Gasteiger partial charge in [0.15, 0.2) is 0 Å². The van der Waals surface area contributed by atoms with E-state index in [9.17, 15) is 5.11 Å². The predicted octanol–water partition coefficient (Wildman–Crippen LogP) is 3.65. The molecule has 3 atom stereocenters. The van der Waals surface area contributed by atoms with Crippen LogP contribution in [-0.4, -0.2) is 32.2 Å².